The lowest BCUT2D eigenvalue weighted by atomic mass is 9.34. The Morgan fingerprint density at radius 2 is 1.30 bits per heavy atom. The third-order valence-electron chi connectivity index (χ3n) is 6.80. The zero-order valence-corrected chi connectivity index (χ0v) is 15.9. The minimum Gasteiger partial charge on any atom is -0.289 e. The van der Waals surface area contributed by atoms with Gasteiger partial charge >= 0.3 is 0 Å². The molecule has 2 atom stereocenters. The standard InChI is InChI=1S/C26H15N3O/c27-14-11-17-9-12-25(20-7-3-1-5-18(17)20)23(15-28)26(24(25)16-29)13-10-22(30)19-6-2-4-8-21(19)26/h1-13,23-24H/b17-11-. The topological polar surface area (TPSA) is 88.4 Å². The van der Waals surface area contributed by atoms with E-state index in [0.29, 0.717) is 5.56 Å². The van der Waals surface area contributed by atoms with Crippen LogP contribution in [0.1, 0.15) is 27.0 Å². The van der Waals surface area contributed by atoms with Gasteiger partial charge < -0.3 is 0 Å². The van der Waals surface area contributed by atoms with Crippen molar-refractivity contribution in [3.63, 3.8) is 0 Å². The van der Waals surface area contributed by atoms with Gasteiger partial charge in [0.2, 0.25) is 0 Å². The van der Waals surface area contributed by atoms with E-state index < -0.39 is 22.7 Å². The van der Waals surface area contributed by atoms with Gasteiger partial charge in [0.1, 0.15) is 0 Å². The number of hydrogen-bond acceptors (Lipinski definition) is 4. The van der Waals surface area contributed by atoms with Gasteiger partial charge in [0.25, 0.3) is 0 Å². The summed E-state index contributed by atoms with van der Waals surface area (Å²) in [7, 11) is 0. The molecule has 4 heteroatoms. The minimum atomic E-state index is -0.859. The number of nitriles is 3. The maximum absolute atomic E-state index is 12.5. The molecule has 5 rings (SSSR count). The van der Waals surface area contributed by atoms with Crippen molar-refractivity contribution in [3.8, 4) is 18.2 Å². The van der Waals surface area contributed by atoms with Crippen LogP contribution in [-0.4, -0.2) is 5.78 Å². The van der Waals surface area contributed by atoms with Crippen LogP contribution in [0.5, 0.6) is 0 Å². The Kier molecular flexibility index (Phi) is 3.66. The molecule has 2 spiro atoms. The number of carbonyl (C=O) groups is 1. The highest BCUT2D eigenvalue weighted by molar-refractivity contribution is 6.08. The Morgan fingerprint density at radius 3 is 1.90 bits per heavy atom. The molecule has 1 fully saturated rings. The molecule has 0 radical (unpaired) electrons. The zero-order valence-electron chi connectivity index (χ0n) is 15.9. The summed E-state index contributed by atoms with van der Waals surface area (Å²) in [4.78, 5) is 12.5. The molecular formula is C26H15N3O. The molecule has 4 nitrogen and oxygen atoms in total. The van der Waals surface area contributed by atoms with Crippen molar-refractivity contribution < 1.29 is 4.79 Å². The smallest absolute Gasteiger partial charge is 0.185 e. The molecule has 140 valence electrons. The number of hydrogen-bond donors (Lipinski definition) is 0. The maximum atomic E-state index is 12.5. The molecule has 2 unspecified atom stereocenters. The third kappa shape index (κ3) is 1.90. The first-order valence-electron chi connectivity index (χ1n) is 9.66. The highest BCUT2D eigenvalue weighted by Crippen LogP contribution is 2.69. The first-order valence-corrected chi connectivity index (χ1v) is 9.66. The normalized spacial score (nSPS) is 31.4. The van der Waals surface area contributed by atoms with E-state index in [2.05, 4.69) is 18.2 Å². The molecular weight excluding hydrogens is 370 g/mol. The highest BCUT2D eigenvalue weighted by Gasteiger charge is 2.72. The Labute approximate surface area is 174 Å². The lowest BCUT2D eigenvalue weighted by molar-refractivity contribution is 0.0461. The fourth-order valence-electron chi connectivity index (χ4n) is 5.65. The van der Waals surface area contributed by atoms with Crippen molar-refractivity contribution in [2.24, 2.45) is 11.8 Å². The lowest BCUT2D eigenvalue weighted by Gasteiger charge is -2.64. The zero-order chi connectivity index (χ0) is 20.9. The summed E-state index contributed by atoms with van der Waals surface area (Å²) < 4.78 is 0. The van der Waals surface area contributed by atoms with Crippen LogP contribution in [0.2, 0.25) is 0 Å². The first-order chi connectivity index (χ1) is 14.6. The van der Waals surface area contributed by atoms with Crippen molar-refractivity contribution in [1.29, 1.82) is 15.8 Å². The summed E-state index contributed by atoms with van der Waals surface area (Å²) in [5, 5.41) is 29.9. The molecule has 0 bridgehead atoms. The molecule has 0 heterocycles. The first kappa shape index (κ1) is 17.9. The van der Waals surface area contributed by atoms with Gasteiger partial charge in [-0.15, -0.1) is 0 Å². The van der Waals surface area contributed by atoms with Crippen molar-refractivity contribution >= 4 is 11.4 Å². The Hall–Kier alpha value is -4.20. The van der Waals surface area contributed by atoms with Crippen molar-refractivity contribution in [2.45, 2.75) is 10.8 Å². The van der Waals surface area contributed by atoms with Gasteiger partial charge in [-0.05, 0) is 28.3 Å². The molecule has 0 saturated heterocycles. The van der Waals surface area contributed by atoms with Crippen molar-refractivity contribution in [2.75, 3.05) is 0 Å². The number of fused-ring (bicyclic) bond motifs is 4. The quantitative estimate of drug-likeness (QED) is 0.629. The van der Waals surface area contributed by atoms with Gasteiger partial charge in [-0.1, -0.05) is 66.8 Å². The molecule has 30 heavy (non-hydrogen) atoms. The lowest BCUT2D eigenvalue weighted by Crippen LogP contribution is -2.68. The van der Waals surface area contributed by atoms with Crippen LogP contribution >= 0.6 is 0 Å². The Morgan fingerprint density at radius 1 is 0.767 bits per heavy atom. The van der Waals surface area contributed by atoms with Crippen LogP contribution in [0.4, 0.5) is 0 Å². The molecule has 2 aromatic rings. The molecule has 0 aromatic heterocycles. The van der Waals surface area contributed by atoms with Crippen molar-refractivity contribution in [3.05, 3.63) is 101 Å². The number of benzene rings is 2. The molecule has 0 aliphatic heterocycles. The SMILES string of the molecule is N#C/C=C1/C=CC2(c3ccccc31)C(C#N)C1(C=CC(=O)c3ccccc31)C2C#N. The number of carbonyl (C=O) groups excluding carboxylic acids is 1. The fourth-order valence-corrected chi connectivity index (χ4v) is 5.65. The summed E-state index contributed by atoms with van der Waals surface area (Å²) >= 11 is 0. The summed E-state index contributed by atoms with van der Waals surface area (Å²) in [5.74, 6) is -1.24. The van der Waals surface area contributed by atoms with Crippen LogP contribution in [0.25, 0.3) is 5.57 Å². The second-order valence-corrected chi connectivity index (χ2v) is 7.84. The molecule has 0 N–H and O–H groups in total. The second-order valence-electron chi connectivity index (χ2n) is 7.84. The van der Waals surface area contributed by atoms with Gasteiger partial charge in [0, 0.05) is 22.5 Å². The Balaban J connectivity index is 1.80. The van der Waals surface area contributed by atoms with E-state index in [1.165, 1.54) is 12.2 Å². The third-order valence-corrected chi connectivity index (χ3v) is 6.80. The maximum Gasteiger partial charge on any atom is 0.185 e. The van der Waals surface area contributed by atoms with Crippen LogP contribution < -0.4 is 0 Å². The van der Waals surface area contributed by atoms with E-state index in [0.717, 1.165) is 22.3 Å². The summed E-state index contributed by atoms with van der Waals surface area (Å²) in [5.41, 5.74) is 2.12. The average Bonchev–Trinajstić information content (AvgIpc) is 2.78. The van der Waals surface area contributed by atoms with E-state index >= 15 is 0 Å². The summed E-state index contributed by atoms with van der Waals surface area (Å²) in [6.45, 7) is 0. The molecule has 3 aliphatic rings. The summed E-state index contributed by atoms with van der Waals surface area (Å²) in [6.07, 6.45) is 8.51. The van der Waals surface area contributed by atoms with Crippen LogP contribution in [0.15, 0.2) is 78.9 Å². The average molecular weight is 385 g/mol. The van der Waals surface area contributed by atoms with Crippen LogP contribution in [0, 0.1) is 45.8 Å². The van der Waals surface area contributed by atoms with Crippen LogP contribution in [0.3, 0.4) is 0 Å². The van der Waals surface area contributed by atoms with Gasteiger partial charge in [-0.3, -0.25) is 4.79 Å². The highest BCUT2D eigenvalue weighted by atomic mass is 16.1. The van der Waals surface area contributed by atoms with Gasteiger partial charge in [0.15, 0.2) is 5.78 Å². The largest absolute Gasteiger partial charge is 0.289 e. The summed E-state index contributed by atoms with van der Waals surface area (Å²) in [6, 6.07) is 22.0. The second kappa shape index (κ2) is 6.15. The molecule has 2 aromatic carbocycles. The van der Waals surface area contributed by atoms with Gasteiger partial charge in [-0.2, -0.15) is 15.8 Å². The van der Waals surface area contributed by atoms with Crippen molar-refractivity contribution in [1.82, 2.24) is 0 Å². The van der Waals surface area contributed by atoms with E-state index in [1.54, 1.807) is 18.2 Å². The van der Waals surface area contributed by atoms with Crippen LogP contribution in [-0.2, 0) is 10.8 Å². The number of rotatable bonds is 0. The van der Waals surface area contributed by atoms with E-state index in [1.807, 2.05) is 48.6 Å². The van der Waals surface area contributed by atoms with Gasteiger partial charge in [0.05, 0.1) is 30.0 Å². The predicted molar refractivity (Wildman–Crippen MR) is 111 cm³/mol. The molecule has 0 amide bonds. The number of ketones is 1. The number of nitrogens with zero attached hydrogens (tertiary/aromatic N) is 3. The van der Waals surface area contributed by atoms with E-state index in [-0.39, 0.29) is 5.78 Å². The fraction of sp³-hybridized carbons (Fsp3) is 0.154. The van der Waals surface area contributed by atoms with E-state index in [9.17, 15) is 15.3 Å². The van der Waals surface area contributed by atoms with E-state index in [4.69, 9.17) is 5.26 Å². The molecule has 3 aliphatic carbocycles. The minimum absolute atomic E-state index is 0.107. The monoisotopic (exact) mass is 385 g/mol. The van der Waals surface area contributed by atoms with Gasteiger partial charge in [-0.25, -0.2) is 0 Å². The number of allylic oxidation sites excluding steroid dienone is 6. The predicted octanol–water partition coefficient (Wildman–Crippen LogP) is 4.38. The molecule has 1 saturated carbocycles. The Bertz CT molecular complexity index is 1300.